The summed E-state index contributed by atoms with van der Waals surface area (Å²) in [5.74, 6) is -0.764. The van der Waals surface area contributed by atoms with Crippen molar-refractivity contribution in [2.45, 2.75) is 0 Å². The van der Waals surface area contributed by atoms with Gasteiger partial charge in [0.2, 0.25) is 5.91 Å². The maximum Gasteiger partial charge on any atom is 0.250 e. The summed E-state index contributed by atoms with van der Waals surface area (Å²) in [5.41, 5.74) is 1.19. The quantitative estimate of drug-likeness (QED) is 0.611. The van der Waals surface area contributed by atoms with Crippen LogP contribution in [0.2, 0.25) is 10.0 Å². The molecule has 0 bridgehead atoms. The molecule has 0 fully saturated rings. The van der Waals surface area contributed by atoms with Crippen LogP contribution in [0.3, 0.4) is 0 Å². The van der Waals surface area contributed by atoms with Crippen LogP contribution < -0.4 is 10.6 Å². The third-order valence-electron chi connectivity index (χ3n) is 2.73. The monoisotopic (exact) mass is 368 g/mol. The fraction of sp³-hybridized carbons (Fsp3) is 0. The minimum absolute atomic E-state index is 0.0860. The molecule has 0 saturated carbocycles. The van der Waals surface area contributed by atoms with E-state index in [2.05, 4.69) is 10.6 Å². The maximum atomic E-state index is 12.8. The van der Waals surface area contributed by atoms with Gasteiger partial charge >= 0.3 is 0 Å². The third-order valence-corrected chi connectivity index (χ3v) is 3.76. The van der Waals surface area contributed by atoms with E-state index in [0.717, 1.165) is 0 Å². The van der Waals surface area contributed by atoms with E-state index in [1.165, 1.54) is 18.2 Å². The van der Waals surface area contributed by atoms with Gasteiger partial charge in [-0.3, -0.25) is 10.1 Å². The molecule has 0 spiro atoms. The summed E-state index contributed by atoms with van der Waals surface area (Å²) in [5, 5.41) is 6.04. The zero-order chi connectivity index (χ0) is 16.8. The standard InChI is InChI=1S/C16H11Cl2FN2OS/c17-12-2-1-3-13(15(12)18)20-16(23)21-14(22)9-6-10-4-7-11(19)8-5-10/h1-9H,(H2,20,21,22,23)/b9-6-. The summed E-state index contributed by atoms with van der Waals surface area (Å²) in [6, 6.07) is 10.8. The van der Waals surface area contributed by atoms with Gasteiger partial charge in [-0.15, -0.1) is 0 Å². The van der Waals surface area contributed by atoms with E-state index in [1.807, 2.05) is 0 Å². The number of rotatable bonds is 3. The molecule has 2 aromatic rings. The lowest BCUT2D eigenvalue weighted by Crippen LogP contribution is -2.32. The van der Waals surface area contributed by atoms with Crippen LogP contribution >= 0.6 is 35.4 Å². The van der Waals surface area contributed by atoms with Crippen molar-refractivity contribution >= 4 is 58.2 Å². The lowest BCUT2D eigenvalue weighted by Gasteiger charge is -2.10. The molecule has 2 N–H and O–H groups in total. The van der Waals surface area contributed by atoms with Gasteiger partial charge in [-0.1, -0.05) is 41.4 Å². The Bertz CT molecular complexity index is 763. The molecule has 0 aliphatic carbocycles. The van der Waals surface area contributed by atoms with Crippen molar-refractivity contribution in [3.63, 3.8) is 0 Å². The van der Waals surface area contributed by atoms with Gasteiger partial charge in [-0.05, 0) is 48.1 Å². The molecule has 0 atom stereocenters. The Morgan fingerprint density at radius 1 is 1.13 bits per heavy atom. The van der Waals surface area contributed by atoms with Crippen molar-refractivity contribution < 1.29 is 9.18 Å². The molecule has 0 heterocycles. The Morgan fingerprint density at radius 3 is 2.52 bits per heavy atom. The lowest BCUT2D eigenvalue weighted by molar-refractivity contribution is -0.115. The Hall–Kier alpha value is -1.95. The van der Waals surface area contributed by atoms with Crippen molar-refractivity contribution in [2.75, 3.05) is 5.32 Å². The van der Waals surface area contributed by atoms with Crippen molar-refractivity contribution in [2.24, 2.45) is 0 Å². The minimum Gasteiger partial charge on any atom is -0.331 e. The predicted octanol–water partition coefficient (Wildman–Crippen LogP) is 4.66. The molecule has 0 unspecified atom stereocenters. The minimum atomic E-state index is -0.426. The summed E-state index contributed by atoms with van der Waals surface area (Å²) in [6.45, 7) is 0. The molecule has 2 rings (SSSR count). The maximum absolute atomic E-state index is 12.8. The van der Waals surface area contributed by atoms with Crippen LogP contribution in [0.25, 0.3) is 6.08 Å². The number of carbonyl (C=O) groups is 1. The van der Waals surface area contributed by atoms with Gasteiger partial charge in [0.25, 0.3) is 0 Å². The van der Waals surface area contributed by atoms with Gasteiger partial charge in [0, 0.05) is 6.08 Å². The number of hydrogen-bond donors (Lipinski definition) is 2. The fourth-order valence-corrected chi connectivity index (χ4v) is 2.21. The molecule has 0 radical (unpaired) electrons. The van der Waals surface area contributed by atoms with E-state index in [4.69, 9.17) is 35.4 Å². The summed E-state index contributed by atoms with van der Waals surface area (Å²) in [4.78, 5) is 11.8. The molecule has 118 valence electrons. The third kappa shape index (κ3) is 5.32. The van der Waals surface area contributed by atoms with Crippen molar-refractivity contribution in [3.05, 3.63) is 70.0 Å². The topological polar surface area (TPSA) is 41.1 Å². The smallest absolute Gasteiger partial charge is 0.250 e. The van der Waals surface area contributed by atoms with E-state index in [9.17, 15) is 9.18 Å². The molecule has 0 aliphatic heterocycles. The first-order valence-electron chi connectivity index (χ1n) is 6.45. The van der Waals surface area contributed by atoms with Crippen molar-refractivity contribution in [1.29, 1.82) is 0 Å². The van der Waals surface area contributed by atoms with E-state index in [0.29, 0.717) is 21.3 Å². The van der Waals surface area contributed by atoms with Crippen molar-refractivity contribution in [1.82, 2.24) is 5.32 Å². The molecular weight excluding hydrogens is 358 g/mol. The SMILES string of the molecule is O=C(/C=C\c1ccc(F)cc1)NC(=S)Nc1cccc(Cl)c1Cl. The number of halogens is 3. The van der Waals surface area contributed by atoms with Crippen LogP contribution in [0.5, 0.6) is 0 Å². The molecular formula is C16H11Cl2FN2OS. The summed E-state index contributed by atoms with van der Waals surface area (Å²) >= 11 is 16.9. The average Bonchev–Trinajstić information content (AvgIpc) is 2.51. The summed E-state index contributed by atoms with van der Waals surface area (Å²) < 4.78 is 12.8. The van der Waals surface area contributed by atoms with Gasteiger partial charge in [0.15, 0.2) is 5.11 Å². The van der Waals surface area contributed by atoms with Gasteiger partial charge in [-0.25, -0.2) is 4.39 Å². The van der Waals surface area contributed by atoms with Crippen molar-refractivity contribution in [3.8, 4) is 0 Å². The molecule has 7 heteroatoms. The second-order valence-corrected chi connectivity index (χ2v) is 5.62. The molecule has 0 aliphatic rings. The first kappa shape index (κ1) is 17.4. The zero-order valence-electron chi connectivity index (χ0n) is 11.6. The Kier molecular flexibility index (Phi) is 6.10. The zero-order valence-corrected chi connectivity index (χ0v) is 14.0. The highest BCUT2D eigenvalue weighted by Gasteiger charge is 2.07. The number of amides is 1. The number of carbonyl (C=O) groups excluding carboxylic acids is 1. The van der Waals surface area contributed by atoms with Crippen LogP contribution in [0.4, 0.5) is 10.1 Å². The van der Waals surface area contributed by atoms with E-state index in [-0.39, 0.29) is 10.9 Å². The summed E-state index contributed by atoms with van der Waals surface area (Å²) in [6.07, 6.45) is 2.84. The number of nitrogens with one attached hydrogen (secondary N) is 2. The number of thiocarbonyl (C=S) groups is 1. The average molecular weight is 369 g/mol. The van der Waals surface area contributed by atoms with E-state index < -0.39 is 5.91 Å². The first-order valence-corrected chi connectivity index (χ1v) is 7.62. The van der Waals surface area contributed by atoms with Gasteiger partial charge < -0.3 is 5.32 Å². The highest BCUT2D eigenvalue weighted by Crippen LogP contribution is 2.29. The number of anilines is 1. The highest BCUT2D eigenvalue weighted by atomic mass is 35.5. The highest BCUT2D eigenvalue weighted by molar-refractivity contribution is 7.80. The van der Waals surface area contributed by atoms with E-state index in [1.54, 1.807) is 36.4 Å². The molecule has 1 amide bonds. The molecule has 2 aromatic carbocycles. The second kappa shape index (κ2) is 8.06. The normalized spacial score (nSPS) is 10.6. The van der Waals surface area contributed by atoms with Crippen LogP contribution in [-0.4, -0.2) is 11.0 Å². The second-order valence-electron chi connectivity index (χ2n) is 4.43. The lowest BCUT2D eigenvalue weighted by atomic mass is 10.2. The molecule has 0 saturated heterocycles. The van der Waals surface area contributed by atoms with Gasteiger partial charge in [0.05, 0.1) is 15.7 Å². The number of hydrogen-bond acceptors (Lipinski definition) is 2. The van der Waals surface area contributed by atoms with Crippen LogP contribution in [0.15, 0.2) is 48.5 Å². The van der Waals surface area contributed by atoms with Gasteiger partial charge in [0.1, 0.15) is 5.82 Å². The Labute approximate surface area is 148 Å². The van der Waals surface area contributed by atoms with Crippen LogP contribution in [-0.2, 0) is 4.79 Å². The predicted molar refractivity (Wildman–Crippen MR) is 96.3 cm³/mol. The summed E-state index contributed by atoms with van der Waals surface area (Å²) in [7, 11) is 0. The molecule has 3 nitrogen and oxygen atoms in total. The Balaban J connectivity index is 1.93. The largest absolute Gasteiger partial charge is 0.331 e. The van der Waals surface area contributed by atoms with E-state index >= 15 is 0 Å². The fourth-order valence-electron chi connectivity index (χ4n) is 1.65. The van der Waals surface area contributed by atoms with Crippen LogP contribution in [0.1, 0.15) is 5.56 Å². The van der Waals surface area contributed by atoms with Crippen LogP contribution in [0, 0.1) is 5.82 Å². The first-order chi connectivity index (χ1) is 11.0. The Morgan fingerprint density at radius 2 is 1.83 bits per heavy atom. The molecule has 0 aromatic heterocycles. The molecule has 23 heavy (non-hydrogen) atoms. The van der Waals surface area contributed by atoms with Gasteiger partial charge in [-0.2, -0.15) is 0 Å². The number of benzene rings is 2.